The highest BCUT2D eigenvalue weighted by atomic mass is 14.9. The fourth-order valence-electron chi connectivity index (χ4n) is 1.17. The number of hydrogen-bond donors (Lipinski definition) is 2. The molecule has 68 valence electrons. The first kappa shape index (κ1) is 10.9. The van der Waals surface area contributed by atoms with E-state index in [1.807, 2.05) is 0 Å². The van der Waals surface area contributed by atoms with Crippen LogP contribution in [0, 0.1) is 0 Å². The van der Waals surface area contributed by atoms with Gasteiger partial charge in [-0.25, -0.2) is 0 Å². The summed E-state index contributed by atoms with van der Waals surface area (Å²) in [5.41, 5.74) is 5.64. The van der Waals surface area contributed by atoms with E-state index >= 15 is 0 Å². The molecule has 0 aliphatic rings. The van der Waals surface area contributed by atoms with Crippen LogP contribution in [-0.2, 0) is 0 Å². The molecule has 0 aliphatic carbocycles. The molecule has 0 saturated heterocycles. The van der Waals surface area contributed by atoms with Crippen molar-refractivity contribution >= 4 is 0 Å². The molecule has 3 N–H and O–H groups in total. The van der Waals surface area contributed by atoms with Crippen LogP contribution >= 0.6 is 0 Å². The molecule has 0 bridgehead atoms. The minimum Gasteiger partial charge on any atom is -0.328 e. The van der Waals surface area contributed by atoms with Crippen molar-refractivity contribution in [1.82, 2.24) is 5.32 Å². The molecule has 2 nitrogen and oxygen atoms in total. The molecule has 2 heteroatoms. The first-order valence-corrected chi connectivity index (χ1v) is 4.54. The van der Waals surface area contributed by atoms with Crippen molar-refractivity contribution in [3.63, 3.8) is 0 Å². The zero-order valence-corrected chi connectivity index (χ0v) is 8.22. The molecule has 0 aromatic rings. The van der Waals surface area contributed by atoms with Crippen molar-refractivity contribution in [3.05, 3.63) is 0 Å². The Kier molecular flexibility index (Phi) is 5.51. The van der Waals surface area contributed by atoms with Crippen molar-refractivity contribution in [1.29, 1.82) is 0 Å². The van der Waals surface area contributed by atoms with E-state index in [-0.39, 0.29) is 0 Å². The van der Waals surface area contributed by atoms with Crippen LogP contribution in [0.2, 0.25) is 0 Å². The molecule has 2 atom stereocenters. The minimum absolute atomic E-state index is 0.339. The standard InChI is InChI=1S/C9H22N2/c1-7(2)11-9(4)6-5-8(3)10/h7-9,11H,5-6,10H2,1-4H3. The second-order valence-corrected chi connectivity index (χ2v) is 3.78. The van der Waals surface area contributed by atoms with Gasteiger partial charge in [0.05, 0.1) is 0 Å². The quantitative estimate of drug-likeness (QED) is 0.636. The molecule has 0 aromatic heterocycles. The summed E-state index contributed by atoms with van der Waals surface area (Å²) in [5.74, 6) is 0. The second kappa shape index (κ2) is 5.56. The van der Waals surface area contributed by atoms with E-state index in [1.165, 1.54) is 6.42 Å². The van der Waals surface area contributed by atoms with Crippen LogP contribution in [0.4, 0.5) is 0 Å². The summed E-state index contributed by atoms with van der Waals surface area (Å²) >= 11 is 0. The first-order valence-electron chi connectivity index (χ1n) is 4.54. The van der Waals surface area contributed by atoms with Gasteiger partial charge in [0.25, 0.3) is 0 Å². The van der Waals surface area contributed by atoms with E-state index < -0.39 is 0 Å². The molecule has 0 heterocycles. The van der Waals surface area contributed by atoms with Gasteiger partial charge in [0.15, 0.2) is 0 Å². The molecule has 0 aromatic carbocycles. The number of nitrogens with one attached hydrogen (secondary N) is 1. The van der Waals surface area contributed by atoms with Crippen LogP contribution in [0.1, 0.15) is 40.5 Å². The molecule has 11 heavy (non-hydrogen) atoms. The summed E-state index contributed by atoms with van der Waals surface area (Å²) in [6, 6.07) is 1.52. The Bertz CT molecular complexity index is 89.6. The summed E-state index contributed by atoms with van der Waals surface area (Å²) in [5, 5.41) is 3.44. The molecule has 0 saturated carbocycles. The zero-order valence-electron chi connectivity index (χ0n) is 8.22. The smallest absolute Gasteiger partial charge is 0.00416 e. The Hall–Kier alpha value is -0.0800. The van der Waals surface area contributed by atoms with Crippen LogP contribution in [-0.4, -0.2) is 18.1 Å². The SMILES string of the molecule is CC(N)CCC(C)NC(C)C. The van der Waals surface area contributed by atoms with Crippen molar-refractivity contribution < 1.29 is 0 Å². The van der Waals surface area contributed by atoms with Crippen molar-refractivity contribution in [3.8, 4) is 0 Å². The molecule has 0 radical (unpaired) electrons. The fraction of sp³-hybridized carbons (Fsp3) is 1.00. The predicted octanol–water partition coefficient (Wildman–Crippen LogP) is 1.50. The van der Waals surface area contributed by atoms with E-state index in [4.69, 9.17) is 5.73 Å². The van der Waals surface area contributed by atoms with Gasteiger partial charge in [0.1, 0.15) is 0 Å². The van der Waals surface area contributed by atoms with Gasteiger partial charge >= 0.3 is 0 Å². The third-order valence-electron chi connectivity index (χ3n) is 1.67. The lowest BCUT2D eigenvalue weighted by Gasteiger charge is -2.17. The second-order valence-electron chi connectivity index (χ2n) is 3.78. The van der Waals surface area contributed by atoms with Crippen LogP contribution in [0.5, 0.6) is 0 Å². The third kappa shape index (κ3) is 7.82. The van der Waals surface area contributed by atoms with E-state index in [0.717, 1.165) is 6.42 Å². The minimum atomic E-state index is 0.339. The Balaban J connectivity index is 3.29. The average Bonchev–Trinajstić information content (AvgIpc) is 1.82. The Morgan fingerprint density at radius 2 is 1.64 bits per heavy atom. The normalized spacial score (nSPS) is 16.9. The highest BCUT2D eigenvalue weighted by Crippen LogP contribution is 1.99. The molecule has 0 rings (SSSR count). The van der Waals surface area contributed by atoms with Gasteiger partial charge in [-0.1, -0.05) is 13.8 Å². The lowest BCUT2D eigenvalue weighted by atomic mass is 10.1. The Morgan fingerprint density at radius 3 is 2.00 bits per heavy atom. The molecule has 2 unspecified atom stereocenters. The monoisotopic (exact) mass is 158 g/mol. The van der Waals surface area contributed by atoms with E-state index in [2.05, 4.69) is 33.0 Å². The maximum absolute atomic E-state index is 5.64. The lowest BCUT2D eigenvalue weighted by molar-refractivity contribution is 0.441. The predicted molar refractivity (Wildman–Crippen MR) is 50.6 cm³/mol. The van der Waals surface area contributed by atoms with Gasteiger partial charge in [-0.3, -0.25) is 0 Å². The van der Waals surface area contributed by atoms with Gasteiger partial charge in [-0.05, 0) is 26.7 Å². The van der Waals surface area contributed by atoms with E-state index in [0.29, 0.717) is 18.1 Å². The molecule has 0 aliphatic heterocycles. The maximum atomic E-state index is 5.64. The Labute approximate surface area is 70.5 Å². The highest BCUT2D eigenvalue weighted by Gasteiger charge is 2.03. The van der Waals surface area contributed by atoms with Gasteiger partial charge < -0.3 is 11.1 Å². The molecular formula is C9H22N2. The number of hydrogen-bond acceptors (Lipinski definition) is 2. The van der Waals surface area contributed by atoms with Crippen molar-refractivity contribution in [2.24, 2.45) is 5.73 Å². The topological polar surface area (TPSA) is 38.0 Å². The number of nitrogens with two attached hydrogens (primary N) is 1. The zero-order chi connectivity index (χ0) is 8.85. The summed E-state index contributed by atoms with van der Waals surface area (Å²) in [6.07, 6.45) is 2.29. The molecule has 0 fully saturated rings. The summed E-state index contributed by atoms with van der Waals surface area (Å²) in [7, 11) is 0. The molecular weight excluding hydrogens is 136 g/mol. The Morgan fingerprint density at radius 1 is 1.09 bits per heavy atom. The highest BCUT2D eigenvalue weighted by molar-refractivity contribution is 4.66. The van der Waals surface area contributed by atoms with Crippen molar-refractivity contribution in [2.45, 2.75) is 58.7 Å². The maximum Gasteiger partial charge on any atom is 0.00416 e. The lowest BCUT2D eigenvalue weighted by Crippen LogP contribution is -2.33. The van der Waals surface area contributed by atoms with Gasteiger partial charge in [-0.2, -0.15) is 0 Å². The summed E-state index contributed by atoms with van der Waals surface area (Å²) < 4.78 is 0. The van der Waals surface area contributed by atoms with E-state index in [1.54, 1.807) is 0 Å². The van der Waals surface area contributed by atoms with Crippen LogP contribution in [0.25, 0.3) is 0 Å². The molecule has 0 amide bonds. The van der Waals surface area contributed by atoms with Crippen LogP contribution in [0.3, 0.4) is 0 Å². The summed E-state index contributed by atoms with van der Waals surface area (Å²) in [6.45, 7) is 8.61. The number of rotatable bonds is 5. The van der Waals surface area contributed by atoms with Crippen molar-refractivity contribution in [2.75, 3.05) is 0 Å². The third-order valence-corrected chi connectivity index (χ3v) is 1.67. The van der Waals surface area contributed by atoms with Crippen LogP contribution in [0.15, 0.2) is 0 Å². The average molecular weight is 158 g/mol. The van der Waals surface area contributed by atoms with Crippen LogP contribution < -0.4 is 11.1 Å². The van der Waals surface area contributed by atoms with Gasteiger partial charge in [0, 0.05) is 18.1 Å². The van der Waals surface area contributed by atoms with E-state index in [9.17, 15) is 0 Å². The summed E-state index contributed by atoms with van der Waals surface area (Å²) in [4.78, 5) is 0. The molecule has 0 spiro atoms. The largest absolute Gasteiger partial charge is 0.328 e. The van der Waals surface area contributed by atoms with Gasteiger partial charge in [-0.15, -0.1) is 0 Å². The fourth-order valence-corrected chi connectivity index (χ4v) is 1.17. The van der Waals surface area contributed by atoms with Gasteiger partial charge in [0.2, 0.25) is 0 Å². The first-order chi connectivity index (χ1) is 5.02.